The maximum atomic E-state index is 11.5. The Bertz CT molecular complexity index is 1100. The molecule has 0 heterocycles. The van der Waals surface area contributed by atoms with Gasteiger partial charge in [-0.25, -0.2) is 8.42 Å². The minimum absolute atomic E-state index is 0.458. The predicted molar refractivity (Wildman–Crippen MR) is 111 cm³/mol. The van der Waals surface area contributed by atoms with E-state index in [0.717, 1.165) is 27.1 Å². The normalized spacial score (nSPS) is 13.0. The molecule has 4 aromatic rings. The van der Waals surface area contributed by atoms with E-state index in [1.165, 1.54) is 0 Å². The maximum Gasteiger partial charge on any atom is 0.187 e. The van der Waals surface area contributed by atoms with Crippen molar-refractivity contribution < 1.29 is 17.5 Å². The second kappa shape index (κ2) is 8.54. The minimum atomic E-state index is -1.98. The quantitative estimate of drug-likeness (QED) is 0.362. The van der Waals surface area contributed by atoms with Crippen LogP contribution in [0.2, 0.25) is 0 Å². The standard InChI is InChI=1S/C14H10O2S.C7H8O2S/c15-17(16)14-12-7-3-1-5-10(12)9-11-6-2-4-8-13(11)14;1-6-3-2-4-7(5-6)10(8)9/h1-9H,(H,15,16);2-5H,1H3,(H,8,9). The van der Waals surface area contributed by atoms with Crippen molar-refractivity contribution in [2.45, 2.75) is 16.7 Å². The molecule has 0 spiro atoms. The SMILES string of the molecule is Cc1cccc(S(=O)O)c1.O=S(O)c1c2ccccc2cc2ccccc12. The number of benzene rings is 4. The number of hydrogen-bond donors (Lipinski definition) is 2. The first-order valence-corrected chi connectivity index (χ1v) is 10.4. The Balaban J connectivity index is 0.000000180. The van der Waals surface area contributed by atoms with Gasteiger partial charge in [-0.3, -0.25) is 0 Å². The van der Waals surface area contributed by atoms with Crippen molar-refractivity contribution in [2.24, 2.45) is 0 Å². The van der Waals surface area contributed by atoms with Gasteiger partial charge in [0.05, 0.1) is 9.79 Å². The molecule has 6 heteroatoms. The van der Waals surface area contributed by atoms with Crippen molar-refractivity contribution in [3.63, 3.8) is 0 Å². The highest BCUT2D eigenvalue weighted by atomic mass is 32.2. The first-order valence-electron chi connectivity index (χ1n) is 8.16. The summed E-state index contributed by atoms with van der Waals surface area (Å²) in [7, 11) is 0. The Hall–Kier alpha value is -2.38. The van der Waals surface area contributed by atoms with Crippen molar-refractivity contribution in [1.29, 1.82) is 0 Å². The molecule has 0 aromatic heterocycles. The van der Waals surface area contributed by atoms with Crippen LogP contribution in [0.25, 0.3) is 21.5 Å². The Morgan fingerprint density at radius 3 is 1.67 bits per heavy atom. The zero-order valence-corrected chi connectivity index (χ0v) is 16.2. The fraction of sp³-hybridized carbons (Fsp3) is 0.0476. The van der Waals surface area contributed by atoms with Gasteiger partial charge in [0.1, 0.15) is 0 Å². The summed E-state index contributed by atoms with van der Waals surface area (Å²) in [6.45, 7) is 1.89. The van der Waals surface area contributed by atoms with E-state index in [-0.39, 0.29) is 0 Å². The van der Waals surface area contributed by atoms with E-state index in [0.29, 0.717) is 9.79 Å². The third-order valence-corrected chi connectivity index (χ3v) is 5.53. The van der Waals surface area contributed by atoms with E-state index in [1.54, 1.807) is 18.2 Å². The van der Waals surface area contributed by atoms with Crippen molar-refractivity contribution >= 4 is 43.7 Å². The molecule has 27 heavy (non-hydrogen) atoms. The number of fused-ring (bicyclic) bond motifs is 2. The number of hydrogen-bond acceptors (Lipinski definition) is 2. The summed E-state index contributed by atoms with van der Waals surface area (Å²) in [6.07, 6.45) is 0. The van der Waals surface area contributed by atoms with E-state index in [2.05, 4.69) is 0 Å². The number of rotatable bonds is 2. The second-order valence-corrected chi connectivity index (χ2v) is 7.84. The van der Waals surface area contributed by atoms with E-state index >= 15 is 0 Å². The molecule has 138 valence electrons. The Morgan fingerprint density at radius 2 is 1.22 bits per heavy atom. The lowest BCUT2D eigenvalue weighted by molar-refractivity contribution is 0.563. The molecule has 4 nitrogen and oxygen atoms in total. The third-order valence-electron chi connectivity index (χ3n) is 4.09. The molecule has 0 aliphatic carbocycles. The van der Waals surface area contributed by atoms with E-state index in [9.17, 15) is 13.0 Å². The van der Waals surface area contributed by atoms with Crippen LogP contribution in [-0.2, 0) is 22.2 Å². The van der Waals surface area contributed by atoms with Gasteiger partial charge < -0.3 is 9.11 Å². The van der Waals surface area contributed by atoms with Crippen LogP contribution < -0.4 is 0 Å². The molecule has 0 bridgehead atoms. The van der Waals surface area contributed by atoms with E-state index in [1.807, 2.05) is 67.6 Å². The summed E-state index contributed by atoms with van der Waals surface area (Å²) >= 11 is -3.82. The summed E-state index contributed by atoms with van der Waals surface area (Å²) in [5.74, 6) is 0. The van der Waals surface area contributed by atoms with Gasteiger partial charge >= 0.3 is 0 Å². The summed E-state index contributed by atoms with van der Waals surface area (Å²) in [5, 5.41) is 3.66. The lowest BCUT2D eigenvalue weighted by Gasteiger charge is -2.07. The van der Waals surface area contributed by atoms with Gasteiger partial charge in [0, 0.05) is 10.8 Å². The van der Waals surface area contributed by atoms with E-state index < -0.39 is 22.2 Å². The van der Waals surface area contributed by atoms with Gasteiger partial charge in [-0.2, -0.15) is 0 Å². The van der Waals surface area contributed by atoms with Gasteiger partial charge in [0.25, 0.3) is 0 Å². The highest BCUT2D eigenvalue weighted by Crippen LogP contribution is 2.30. The lowest BCUT2D eigenvalue weighted by Crippen LogP contribution is -1.92. The van der Waals surface area contributed by atoms with E-state index in [4.69, 9.17) is 4.55 Å². The molecule has 0 aliphatic rings. The van der Waals surface area contributed by atoms with Gasteiger partial charge in [-0.05, 0) is 41.5 Å². The maximum absolute atomic E-state index is 11.5. The van der Waals surface area contributed by atoms with Crippen LogP contribution in [0.5, 0.6) is 0 Å². The molecule has 2 N–H and O–H groups in total. The Kier molecular flexibility index (Phi) is 6.13. The predicted octanol–water partition coefficient (Wildman–Crippen LogP) is 5.15. The van der Waals surface area contributed by atoms with Gasteiger partial charge in [0.15, 0.2) is 22.2 Å². The molecule has 0 saturated heterocycles. The minimum Gasteiger partial charge on any atom is -0.302 e. The first kappa shape index (κ1) is 19.4. The average Bonchev–Trinajstić information content (AvgIpc) is 2.66. The van der Waals surface area contributed by atoms with Crippen molar-refractivity contribution in [3.8, 4) is 0 Å². The van der Waals surface area contributed by atoms with Crippen LogP contribution in [0.15, 0.2) is 88.7 Å². The number of aryl methyl sites for hydroxylation is 1. The van der Waals surface area contributed by atoms with Gasteiger partial charge in [0.2, 0.25) is 0 Å². The summed E-state index contributed by atoms with van der Waals surface area (Å²) in [5.41, 5.74) is 1.000. The molecule has 0 radical (unpaired) electrons. The molecule has 0 amide bonds. The molecular weight excluding hydrogens is 380 g/mol. The van der Waals surface area contributed by atoms with Crippen LogP contribution in [0.3, 0.4) is 0 Å². The van der Waals surface area contributed by atoms with Crippen LogP contribution >= 0.6 is 0 Å². The van der Waals surface area contributed by atoms with Crippen molar-refractivity contribution in [3.05, 3.63) is 84.4 Å². The lowest BCUT2D eigenvalue weighted by atomic mass is 10.0. The topological polar surface area (TPSA) is 74.6 Å². The Labute approximate surface area is 162 Å². The largest absolute Gasteiger partial charge is 0.302 e. The first-order chi connectivity index (χ1) is 13.0. The Morgan fingerprint density at radius 1 is 0.667 bits per heavy atom. The average molecular weight is 399 g/mol. The zero-order valence-electron chi connectivity index (χ0n) is 14.5. The highest BCUT2D eigenvalue weighted by molar-refractivity contribution is 7.79. The van der Waals surface area contributed by atoms with Gasteiger partial charge in [-0.15, -0.1) is 0 Å². The van der Waals surface area contributed by atoms with Crippen molar-refractivity contribution in [2.75, 3.05) is 0 Å². The van der Waals surface area contributed by atoms with Gasteiger partial charge in [-0.1, -0.05) is 60.7 Å². The van der Waals surface area contributed by atoms with Crippen LogP contribution in [0.1, 0.15) is 5.56 Å². The molecule has 0 fully saturated rings. The monoisotopic (exact) mass is 398 g/mol. The summed E-state index contributed by atoms with van der Waals surface area (Å²) in [4.78, 5) is 0.957. The third kappa shape index (κ3) is 4.48. The zero-order chi connectivity index (χ0) is 19.4. The summed E-state index contributed by atoms with van der Waals surface area (Å²) in [6, 6.07) is 24.3. The van der Waals surface area contributed by atoms with Crippen LogP contribution in [0.4, 0.5) is 0 Å². The fourth-order valence-corrected chi connectivity index (χ4v) is 4.11. The molecule has 0 aliphatic heterocycles. The smallest absolute Gasteiger partial charge is 0.187 e. The van der Waals surface area contributed by atoms with Crippen LogP contribution in [0, 0.1) is 6.92 Å². The fourth-order valence-electron chi connectivity index (χ4n) is 2.88. The highest BCUT2D eigenvalue weighted by Gasteiger charge is 2.11. The summed E-state index contributed by atoms with van der Waals surface area (Å²) < 4.78 is 40.1. The van der Waals surface area contributed by atoms with Crippen LogP contribution in [-0.4, -0.2) is 17.5 Å². The second-order valence-electron chi connectivity index (χ2n) is 5.96. The molecular formula is C21H18O4S2. The molecule has 0 saturated carbocycles. The molecule has 2 atom stereocenters. The molecule has 4 aromatic carbocycles. The van der Waals surface area contributed by atoms with Crippen molar-refractivity contribution in [1.82, 2.24) is 0 Å². The molecule has 2 unspecified atom stereocenters. The molecule has 4 rings (SSSR count).